The summed E-state index contributed by atoms with van der Waals surface area (Å²) in [4.78, 5) is 35.3. The number of benzene rings is 1. The molecule has 1 spiro atoms. The van der Waals surface area contributed by atoms with Crippen molar-refractivity contribution in [1.29, 1.82) is 0 Å². The Kier molecular flexibility index (Phi) is 6.98. The number of nitrogens with one attached hydrogen (secondary N) is 1. The number of anilines is 2. The molecule has 1 aromatic carbocycles. The molecule has 3 aromatic rings. The van der Waals surface area contributed by atoms with Crippen molar-refractivity contribution in [3.05, 3.63) is 42.0 Å². The number of likely N-dealkylation sites (N-methyl/N-ethyl adjacent to an activating group) is 1. The van der Waals surface area contributed by atoms with Crippen molar-refractivity contribution in [1.82, 2.24) is 14.9 Å². The van der Waals surface area contributed by atoms with Gasteiger partial charge >= 0.3 is 6.09 Å². The molecule has 11 nitrogen and oxygen atoms in total. The first-order chi connectivity index (χ1) is 18.9. The zero-order valence-electron chi connectivity index (χ0n) is 21.8. The van der Waals surface area contributed by atoms with E-state index in [1.54, 1.807) is 24.2 Å². The minimum absolute atomic E-state index is 0.00953. The number of ether oxygens (including phenoxy) is 1. The van der Waals surface area contributed by atoms with Gasteiger partial charge in [0.1, 0.15) is 24.8 Å². The number of aromatic nitrogens is 2. The number of alkyl halides is 1. The van der Waals surface area contributed by atoms with Gasteiger partial charge in [-0.15, -0.1) is 0 Å². The molecule has 0 bridgehead atoms. The van der Waals surface area contributed by atoms with Crippen LogP contribution in [0.2, 0.25) is 0 Å². The number of carbonyl (C=O) groups is 2. The van der Waals surface area contributed by atoms with E-state index in [0.29, 0.717) is 29.4 Å². The molecule has 5 rings (SSSR count). The van der Waals surface area contributed by atoms with E-state index in [9.17, 15) is 22.4 Å². The van der Waals surface area contributed by atoms with Crippen molar-refractivity contribution in [2.24, 2.45) is 0 Å². The van der Waals surface area contributed by atoms with Gasteiger partial charge in [-0.25, -0.2) is 27.0 Å². The number of hydrogen-bond donors (Lipinski definition) is 2. The van der Waals surface area contributed by atoms with Gasteiger partial charge in [0.15, 0.2) is 0 Å². The number of hydrogen-bond acceptors (Lipinski definition) is 7. The van der Waals surface area contributed by atoms with Gasteiger partial charge in [0.2, 0.25) is 21.8 Å². The highest BCUT2D eigenvalue weighted by Gasteiger charge is 2.54. The van der Waals surface area contributed by atoms with Crippen LogP contribution in [0.25, 0.3) is 22.0 Å². The van der Waals surface area contributed by atoms with Gasteiger partial charge in [-0.05, 0) is 25.0 Å². The predicted molar refractivity (Wildman–Crippen MR) is 143 cm³/mol. The van der Waals surface area contributed by atoms with Gasteiger partial charge in [0.05, 0.1) is 42.2 Å². The van der Waals surface area contributed by atoms with Crippen LogP contribution in [0.4, 0.5) is 25.0 Å². The van der Waals surface area contributed by atoms with Crippen LogP contribution in [0.15, 0.2) is 30.6 Å². The first kappa shape index (κ1) is 27.5. The fourth-order valence-corrected chi connectivity index (χ4v) is 5.90. The van der Waals surface area contributed by atoms with Crippen LogP contribution in [-0.2, 0) is 20.2 Å². The van der Waals surface area contributed by atoms with Crippen LogP contribution in [0.1, 0.15) is 24.8 Å². The lowest BCUT2D eigenvalue weighted by Crippen LogP contribution is -2.43. The lowest BCUT2D eigenvalue weighted by molar-refractivity contribution is -0.125. The molecule has 2 aromatic heterocycles. The lowest BCUT2D eigenvalue weighted by atomic mass is 9.64. The maximum absolute atomic E-state index is 15.4. The summed E-state index contributed by atoms with van der Waals surface area (Å²) in [6.07, 6.45) is 4.77. The van der Waals surface area contributed by atoms with Gasteiger partial charge in [0, 0.05) is 41.4 Å². The summed E-state index contributed by atoms with van der Waals surface area (Å²) < 4.78 is 60.0. The van der Waals surface area contributed by atoms with E-state index in [1.165, 1.54) is 18.3 Å². The van der Waals surface area contributed by atoms with Crippen LogP contribution in [-0.4, -0.2) is 80.1 Å². The third-order valence-electron chi connectivity index (χ3n) is 7.38. The van der Waals surface area contributed by atoms with Gasteiger partial charge in [-0.1, -0.05) is 6.42 Å². The molecule has 0 saturated heterocycles. The quantitative estimate of drug-likeness (QED) is 0.395. The van der Waals surface area contributed by atoms with Gasteiger partial charge in [-0.3, -0.25) is 14.5 Å². The first-order valence-electron chi connectivity index (χ1n) is 12.5. The fraction of sp³-hybridized carbons (Fsp3) is 0.385. The number of halogens is 2. The summed E-state index contributed by atoms with van der Waals surface area (Å²) in [5, 5.41) is 9.78. The van der Waals surface area contributed by atoms with Crippen LogP contribution in [0.3, 0.4) is 0 Å². The highest BCUT2D eigenvalue weighted by molar-refractivity contribution is 7.92. The average Bonchev–Trinajstić information content (AvgIpc) is 3.10. The molecule has 0 unspecified atom stereocenters. The van der Waals surface area contributed by atoms with Crippen LogP contribution in [0.5, 0.6) is 5.88 Å². The lowest BCUT2D eigenvalue weighted by Gasteiger charge is -2.37. The molecular formula is C26H27F2N5O6S. The van der Waals surface area contributed by atoms with E-state index in [0.717, 1.165) is 23.1 Å². The standard InChI is InChI=1S/C26H27F2N5O6S/c1-32-21-14-29-19-12-18(28)16(11-17(19)22(21)26(24(32)34)4-3-5-26)15-10-20(31-40(2,37)38)23(30-13-15)39-9-8-33(7-6-27)25(35)36/h10-14,31H,3-9H2,1-2H3,(H,35,36). The van der Waals surface area contributed by atoms with Crippen LogP contribution >= 0.6 is 0 Å². The normalized spacial score (nSPS) is 15.7. The first-order valence-corrected chi connectivity index (χ1v) is 14.4. The molecule has 1 saturated carbocycles. The second-order valence-electron chi connectivity index (χ2n) is 9.93. The Morgan fingerprint density at radius 2 is 1.98 bits per heavy atom. The maximum Gasteiger partial charge on any atom is 0.407 e. The number of carboxylic acid groups (broad SMARTS) is 1. The van der Waals surface area contributed by atoms with E-state index in [-0.39, 0.29) is 48.3 Å². The van der Waals surface area contributed by atoms with E-state index in [1.807, 2.05) is 0 Å². The van der Waals surface area contributed by atoms with E-state index < -0.39 is 34.0 Å². The maximum atomic E-state index is 15.4. The summed E-state index contributed by atoms with van der Waals surface area (Å²) in [7, 11) is -2.11. The van der Waals surface area contributed by atoms with Gasteiger partial charge in [0.25, 0.3) is 0 Å². The Morgan fingerprint density at radius 3 is 2.60 bits per heavy atom. The summed E-state index contributed by atoms with van der Waals surface area (Å²) >= 11 is 0. The number of pyridine rings is 2. The van der Waals surface area contributed by atoms with Crippen LogP contribution in [0, 0.1) is 5.82 Å². The largest absolute Gasteiger partial charge is 0.474 e. The second-order valence-corrected chi connectivity index (χ2v) is 11.7. The number of sulfonamides is 1. The topological polar surface area (TPSA) is 142 Å². The van der Waals surface area contributed by atoms with Gasteiger partial charge in [-0.2, -0.15) is 0 Å². The van der Waals surface area contributed by atoms with Crippen molar-refractivity contribution in [2.75, 3.05) is 49.3 Å². The third kappa shape index (κ3) is 4.76. The summed E-state index contributed by atoms with van der Waals surface area (Å²) in [5.41, 5.74) is 1.50. The van der Waals surface area contributed by atoms with E-state index in [4.69, 9.17) is 9.84 Å². The van der Waals surface area contributed by atoms with E-state index >= 15 is 4.39 Å². The number of rotatable bonds is 9. The van der Waals surface area contributed by atoms with Gasteiger partial charge < -0.3 is 19.6 Å². The molecule has 1 aliphatic carbocycles. The zero-order valence-corrected chi connectivity index (χ0v) is 22.6. The second kappa shape index (κ2) is 10.2. The molecule has 2 amide bonds. The SMILES string of the molecule is CN1C(=O)C2(CCC2)c2c1cnc1cc(F)c(-c3cnc(OCCN(CCF)C(=O)O)c(NS(C)(=O)=O)c3)cc21. The molecule has 212 valence electrons. The van der Waals surface area contributed by atoms with E-state index in [2.05, 4.69) is 14.7 Å². The number of fused-ring (bicyclic) bond motifs is 4. The summed E-state index contributed by atoms with van der Waals surface area (Å²) in [6, 6.07) is 4.24. The Balaban J connectivity index is 1.54. The number of carbonyl (C=O) groups excluding carboxylic acids is 1. The van der Waals surface area contributed by atoms with Crippen molar-refractivity contribution in [2.45, 2.75) is 24.7 Å². The molecular weight excluding hydrogens is 548 g/mol. The summed E-state index contributed by atoms with van der Waals surface area (Å²) in [6.45, 7) is -1.64. The Labute approximate surface area is 228 Å². The summed E-state index contributed by atoms with van der Waals surface area (Å²) in [5.74, 6) is -0.793. The minimum Gasteiger partial charge on any atom is -0.474 e. The molecule has 2 N–H and O–H groups in total. The molecule has 40 heavy (non-hydrogen) atoms. The Morgan fingerprint density at radius 1 is 1.23 bits per heavy atom. The molecule has 1 aliphatic heterocycles. The molecule has 0 atom stereocenters. The molecule has 0 radical (unpaired) electrons. The Bertz CT molecular complexity index is 1630. The van der Waals surface area contributed by atoms with Crippen molar-refractivity contribution in [3.8, 4) is 17.0 Å². The molecule has 1 fully saturated rings. The monoisotopic (exact) mass is 575 g/mol. The van der Waals surface area contributed by atoms with Crippen LogP contribution < -0.4 is 14.4 Å². The highest BCUT2D eigenvalue weighted by atomic mass is 32.2. The smallest absolute Gasteiger partial charge is 0.407 e. The van der Waals surface area contributed by atoms with Crippen molar-refractivity contribution >= 4 is 44.3 Å². The minimum atomic E-state index is -3.81. The Hall–Kier alpha value is -4.07. The number of amides is 2. The molecule has 14 heteroatoms. The third-order valence-corrected chi connectivity index (χ3v) is 7.97. The predicted octanol–water partition coefficient (Wildman–Crippen LogP) is 3.53. The number of nitrogens with zero attached hydrogens (tertiary/aromatic N) is 4. The zero-order chi connectivity index (χ0) is 28.8. The molecule has 3 heterocycles. The fourth-order valence-electron chi connectivity index (χ4n) is 5.36. The van der Waals surface area contributed by atoms with Crippen molar-refractivity contribution in [3.63, 3.8) is 0 Å². The van der Waals surface area contributed by atoms with Crippen molar-refractivity contribution < 1.29 is 36.6 Å². The average molecular weight is 576 g/mol. The molecule has 2 aliphatic rings. The highest BCUT2D eigenvalue weighted by Crippen LogP contribution is 2.55.